The first-order valence-electron chi connectivity index (χ1n) is 6.22. The summed E-state index contributed by atoms with van der Waals surface area (Å²) in [5, 5.41) is 19.4. The predicted molar refractivity (Wildman–Crippen MR) is 70.8 cm³/mol. The number of rotatable bonds is 1. The molecule has 1 amide bonds. The molecule has 1 aromatic carbocycles. The third kappa shape index (κ3) is 1.59. The SMILES string of the molecule is CC1C(O)C2(CC2)C(=O)N1c1ccc(C#N)c(Cl)c1. The Morgan fingerprint density at radius 3 is 2.68 bits per heavy atom. The van der Waals surface area contributed by atoms with Crippen molar-refractivity contribution >= 4 is 23.2 Å². The third-order valence-corrected chi connectivity index (χ3v) is 4.53. The van der Waals surface area contributed by atoms with Crippen LogP contribution in [0.2, 0.25) is 5.02 Å². The first-order valence-corrected chi connectivity index (χ1v) is 6.60. The summed E-state index contributed by atoms with van der Waals surface area (Å²) in [6.07, 6.45) is 0.866. The number of hydrogen-bond donors (Lipinski definition) is 1. The number of aliphatic hydroxyl groups excluding tert-OH is 1. The monoisotopic (exact) mass is 276 g/mol. The molecule has 1 saturated carbocycles. The van der Waals surface area contributed by atoms with Gasteiger partial charge in [0.2, 0.25) is 5.91 Å². The molecule has 1 aliphatic heterocycles. The topological polar surface area (TPSA) is 64.3 Å². The van der Waals surface area contributed by atoms with Crippen LogP contribution in [0, 0.1) is 16.7 Å². The van der Waals surface area contributed by atoms with Gasteiger partial charge in [0, 0.05) is 5.69 Å². The minimum Gasteiger partial charge on any atom is -0.390 e. The molecule has 0 radical (unpaired) electrons. The minimum absolute atomic E-state index is 0.0340. The number of amides is 1. The fourth-order valence-corrected chi connectivity index (χ4v) is 3.11. The van der Waals surface area contributed by atoms with E-state index >= 15 is 0 Å². The van der Waals surface area contributed by atoms with Gasteiger partial charge in [0.15, 0.2) is 0 Å². The molecule has 2 fully saturated rings. The molecule has 1 heterocycles. The zero-order valence-electron chi connectivity index (χ0n) is 10.4. The minimum atomic E-state index is -0.630. The zero-order chi connectivity index (χ0) is 13.8. The molecule has 4 nitrogen and oxygen atoms in total. The molecule has 1 aromatic rings. The van der Waals surface area contributed by atoms with Crippen LogP contribution in [-0.4, -0.2) is 23.2 Å². The van der Waals surface area contributed by atoms with E-state index < -0.39 is 11.5 Å². The number of benzene rings is 1. The van der Waals surface area contributed by atoms with Gasteiger partial charge in [-0.15, -0.1) is 0 Å². The highest BCUT2D eigenvalue weighted by atomic mass is 35.5. The number of anilines is 1. The molecule has 2 aliphatic rings. The molecule has 2 atom stereocenters. The van der Waals surface area contributed by atoms with Crippen molar-refractivity contribution in [3.8, 4) is 6.07 Å². The van der Waals surface area contributed by atoms with Gasteiger partial charge in [-0.25, -0.2) is 0 Å². The van der Waals surface area contributed by atoms with Gasteiger partial charge in [-0.1, -0.05) is 11.6 Å². The Hall–Kier alpha value is -1.57. The Morgan fingerprint density at radius 1 is 1.53 bits per heavy atom. The number of hydrogen-bond acceptors (Lipinski definition) is 3. The van der Waals surface area contributed by atoms with Crippen molar-refractivity contribution in [1.29, 1.82) is 5.26 Å². The summed E-state index contributed by atoms with van der Waals surface area (Å²) in [7, 11) is 0. The molecular weight excluding hydrogens is 264 g/mol. The molecule has 19 heavy (non-hydrogen) atoms. The van der Waals surface area contributed by atoms with Gasteiger partial charge < -0.3 is 10.0 Å². The van der Waals surface area contributed by atoms with E-state index in [9.17, 15) is 9.90 Å². The lowest BCUT2D eigenvalue weighted by atomic mass is 9.99. The maximum atomic E-state index is 12.4. The van der Waals surface area contributed by atoms with E-state index in [1.54, 1.807) is 23.1 Å². The van der Waals surface area contributed by atoms with Crippen molar-refractivity contribution < 1.29 is 9.90 Å². The van der Waals surface area contributed by atoms with E-state index in [4.69, 9.17) is 16.9 Å². The van der Waals surface area contributed by atoms with E-state index in [1.807, 2.05) is 13.0 Å². The normalized spacial score (nSPS) is 27.7. The van der Waals surface area contributed by atoms with Gasteiger partial charge in [0.25, 0.3) is 0 Å². The van der Waals surface area contributed by atoms with Crippen molar-refractivity contribution in [2.45, 2.75) is 31.9 Å². The van der Waals surface area contributed by atoms with Crippen LogP contribution in [0.1, 0.15) is 25.3 Å². The third-order valence-electron chi connectivity index (χ3n) is 4.22. The van der Waals surface area contributed by atoms with Gasteiger partial charge in [-0.3, -0.25) is 4.79 Å². The van der Waals surface area contributed by atoms with Crippen LogP contribution in [0.3, 0.4) is 0 Å². The molecule has 3 rings (SSSR count). The zero-order valence-corrected chi connectivity index (χ0v) is 11.2. The largest absolute Gasteiger partial charge is 0.390 e. The van der Waals surface area contributed by atoms with Gasteiger partial charge in [0.05, 0.1) is 28.1 Å². The Bertz CT molecular complexity index is 604. The molecule has 98 valence electrons. The highest BCUT2D eigenvalue weighted by Gasteiger charge is 2.64. The second-order valence-electron chi connectivity index (χ2n) is 5.29. The number of nitrogens with zero attached hydrogens (tertiary/aromatic N) is 2. The number of carbonyl (C=O) groups is 1. The van der Waals surface area contributed by atoms with Gasteiger partial charge in [-0.05, 0) is 38.0 Å². The number of carbonyl (C=O) groups excluding carboxylic acids is 1. The van der Waals surface area contributed by atoms with E-state index in [2.05, 4.69) is 0 Å². The molecule has 0 bridgehead atoms. The Kier molecular flexibility index (Phi) is 2.60. The molecule has 0 aromatic heterocycles. The summed E-state index contributed by atoms with van der Waals surface area (Å²) in [6.45, 7) is 1.84. The maximum absolute atomic E-state index is 12.4. The Morgan fingerprint density at radius 2 is 2.21 bits per heavy atom. The van der Waals surface area contributed by atoms with Crippen LogP contribution in [0.4, 0.5) is 5.69 Å². The van der Waals surface area contributed by atoms with E-state index in [1.165, 1.54) is 0 Å². The standard InChI is InChI=1S/C14H13ClN2O2/c1-8-12(18)14(4-5-14)13(19)17(8)10-3-2-9(7-16)11(15)6-10/h2-3,6,8,12,18H,4-5H2,1H3. The first-order chi connectivity index (χ1) is 9.01. The fourth-order valence-electron chi connectivity index (χ4n) is 2.90. The molecule has 2 unspecified atom stereocenters. The van der Waals surface area contributed by atoms with Crippen LogP contribution < -0.4 is 4.90 Å². The summed E-state index contributed by atoms with van der Waals surface area (Å²) in [5.74, 6) is -0.0340. The summed E-state index contributed by atoms with van der Waals surface area (Å²) in [4.78, 5) is 14.0. The van der Waals surface area contributed by atoms with Crippen molar-refractivity contribution in [3.63, 3.8) is 0 Å². The van der Waals surface area contributed by atoms with E-state index in [0.29, 0.717) is 16.3 Å². The van der Waals surface area contributed by atoms with Gasteiger partial charge >= 0.3 is 0 Å². The lowest BCUT2D eigenvalue weighted by Gasteiger charge is -2.23. The number of aliphatic hydroxyl groups is 1. The average molecular weight is 277 g/mol. The summed E-state index contributed by atoms with van der Waals surface area (Å²) >= 11 is 6.00. The lowest BCUT2D eigenvalue weighted by molar-refractivity contribution is -0.123. The van der Waals surface area contributed by atoms with Crippen LogP contribution in [0.5, 0.6) is 0 Å². The molecule has 1 aliphatic carbocycles. The molecular formula is C14H13ClN2O2. The molecule has 5 heteroatoms. The number of halogens is 1. The van der Waals surface area contributed by atoms with Crippen LogP contribution in [-0.2, 0) is 4.79 Å². The second kappa shape index (κ2) is 3.96. The highest BCUT2D eigenvalue weighted by molar-refractivity contribution is 6.32. The molecule has 1 N–H and O–H groups in total. The summed E-state index contributed by atoms with van der Waals surface area (Å²) < 4.78 is 0. The van der Waals surface area contributed by atoms with E-state index in [0.717, 1.165) is 12.8 Å². The Labute approximate surface area is 116 Å². The fraction of sp³-hybridized carbons (Fsp3) is 0.429. The lowest BCUT2D eigenvalue weighted by Crippen LogP contribution is -2.34. The summed E-state index contributed by atoms with van der Waals surface area (Å²) in [6, 6.07) is 6.64. The van der Waals surface area contributed by atoms with Gasteiger partial charge in [0.1, 0.15) is 6.07 Å². The van der Waals surface area contributed by atoms with Crippen LogP contribution >= 0.6 is 11.6 Å². The second-order valence-corrected chi connectivity index (χ2v) is 5.70. The summed E-state index contributed by atoms with van der Waals surface area (Å²) in [5.41, 5.74) is 0.454. The number of nitriles is 1. The van der Waals surface area contributed by atoms with E-state index in [-0.39, 0.29) is 11.9 Å². The Balaban J connectivity index is 2.01. The quantitative estimate of drug-likeness (QED) is 0.854. The van der Waals surface area contributed by atoms with Crippen LogP contribution in [0.25, 0.3) is 0 Å². The molecule has 1 spiro atoms. The van der Waals surface area contributed by atoms with Gasteiger partial charge in [-0.2, -0.15) is 5.26 Å². The van der Waals surface area contributed by atoms with Crippen molar-refractivity contribution in [2.75, 3.05) is 4.90 Å². The predicted octanol–water partition coefficient (Wildman–Crippen LogP) is 2.09. The first kappa shape index (κ1) is 12.5. The van der Waals surface area contributed by atoms with Crippen molar-refractivity contribution in [1.82, 2.24) is 0 Å². The van der Waals surface area contributed by atoms with Crippen molar-refractivity contribution in [2.24, 2.45) is 5.41 Å². The van der Waals surface area contributed by atoms with Crippen LogP contribution in [0.15, 0.2) is 18.2 Å². The van der Waals surface area contributed by atoms with Crippen molar-refractivity contribution in [3.05, 3.63) is 28.8 Å². The average Bonchev–Trinajstić information content (AvgIpc) is 3.16. The molecule has 1 saturated heterocycles. The smallest absolute Gasteiger partial charge is 0.236 e. The maximum Gasteiger partial charge on any atom is 0.236 e. The highest BCUT2D eigenvalue weighted by Crippen LogP contribution is 2.56.